The SMILES string of the molecule is CC(C)(C)c1nc(CN2Cc3cnn(-c4ccccc4)c3C2)no1. The Kier molecular flexibility index (Phi) is 3.49. The molecule has 0 saturated carbocycles. The van der Waals surface area contributed by atoms with E-state index in [9.17, 15) is 0 Å². The average Bonchev–Trinajstić information content (AvgIpc) is 3.23. The second kappa shape index (κ2) is 5.56. The predicted molar refractivity (Wildman–Crippen MR) is 89.5 cm³/mol. The molecule has 2 aromatic heterocycles. The van der Waals surface area contributed by atoms with Crippen molar-refractivity contribution in [2.75, 3.05) is 0 Å². The Balaban J connectivity index is 1.50. The maximum atomic E-state index is 5.39. The molecular weight excluding hydrogens is 302 g/mol. The summed E-state index contributed by atoms with van der Waals surface area (Å²) in [6, 6.07) is 10.2. The second-order valence-corrected chi connectivity index (χ2v) is 7.27. The number of benzene rings is 1. The van der Waals surface area contributed by atoms with E-state index in [1.54, 1.807) is 0 Å². The molecule has 0 saturated heterocycles. The summed E-state index contributed by atoms with van der Waals surface area (Å²) in [4.78, 5) is 6.84. The molecule has 0 bridgehead atoms. The summed E-state index contributed by atoms with van der Waals surface area (Å²) < 4.78 is 7.41. The molecule has 4 rings (SSSR count). The first kappa shape index (κ1) is 15.1. The minimum Gasteiger partial charge on any atom is -0.339 e. The van der Waals surface area contributed by atoms with Crippen LogP contribution in [0.5, 0.6) is 0 Å². The quantitative estimate of drug-likeness (QED) is 0.741. The number of hydrogen-bond acceptors (Lipinski definition) is 5. The summed E-state index contributed by atoms with van der Waals surface area (Å²) in [6.07, 6.45) is 1.96. The molecule has 3 aromatic rings. The lowest BCUT2D eigenvalue weighted by atomic mass is 9.97. The van der Waals surface area contributed by atoms with Gasteiger partial charge in [0.1, 0.15) is 0 Å². The Bertz CT molecular complexity index is 844. The van der Waals surface area contributed by atoms with Crippen LogP contribution in [-0.2, 0) is 25.0 Å². The molecule has 0 atom stereocenters. The van der Waals surface area contributed by atoms with Crippen LogP contribution in [0.4, 0.5) is 0 Å². The van der Waals surface area contributed by atoms with E-state index in [-0.39, 0.29) is 5.41 Å². The maximum Gasteiger partial charge on any atom is 0.232 e. The molecule has 0 fully saturated rings. The molecule has 0 N–H and O–H groups in total. The van der Waals surface area contributed by atoms with Crippen molar-refractivity contribution < 1.29 is 4.52 Å². The largest absolute Gasteiger partial charge is 0.339 e. The Morgan fingerprint density at radius 1 is 1.12 bits per heavy atom. The first-order chi connectivity index (χ1) is 11.5. The van der Waals surface area contributed by atoms with Gasteiger partial charge in [-0.05, 0) is 12.1 Å². The van der Waals surface area contributed by atoms with Crippen LogP contribution in [0.1, 0.15) is 43.7 Å². The maximum absolute atomic E-state index is 5.39. The van der Waals surface area contributed by atoms with Gasteiger partial charge >= 0.3 is 0 Å². The Labute approximate surface area is 141 Å². The highest BCUT2D eigenvalue weighted by Crippen LogP contribution is 2.26. The first-order valence-electron chi connectivity index (χ1n) is 8.17. The van der Waals surface area contributed by atoms with Crippen molar-refractivity contribution in [3.63, 3.8) is 0 Å². The molecule has 0 aliphatic carbocycles. The molecule has 6 nitrogen and oxygen atoms in total. The zero-order valence-electron chi connectivity index (χ0n) is 14.2. The number of aromatic nitrogens is 4. The van der Waals surface area contributed by atoms with Crippen LogP contribution in [-0.4, -0.2) is 24.8 Å². The summed E-state index contributed by atoms with van der Waals surface area (Å²) in [6.45, 7) is 8.60. The summed E-state index contributed by atoms with van der Waals surface area (Å²) in [5, 5.41) is 8.65. The third-order valence-electron chi connectivity index (χ3n) is 4.20. The Morgan fingerprint density at radius 2 is 1.92 bits per heavy atom. The van der Waals surface area contributed by atoms with Crippen molar-refractivity contribution in [1.82, 2.24) is 24.8 Å². The number of nitrogens with zero attached hydrogens (tertiary/aromatic N) is 5. The molecule has 0 radical (unpaired) electrons. The van der Waals surface area contributed by atoms with Crippen molar-refractivity contribution in [2.45, 2.75) is 45.8 Å². The molecule has 0 spiro atoms. The van der Waals surface area contributed by atoms with E-state index < -0.39 is 0 Å². The predicted octanol–water partition coefficient (Wildman–Crippen LogP) is 3.07. The van der Waals surface area contributed by atoms with Gasteiger partial charge in [-0.2, -0.15) is 10.1 Å². The highest BCUT2D eigenvalue weighted by atomic mass is 16.5. The summed E-state index contributed by atoms with van der Waals surface area (Å²) >= 11 is 0. The molecule has 24 heavy (non-hydrogen) atoms. The molecule has 3 heterocycles. The van der Waals surface area contributed by atoms with Crippen LogP contribution < -0.4 is 0 Å². The molecule has 1 aliphatic heterocycles. The summed E-state index contributed by atoms with van der Waals surface area (Å²) in [5.41, 5.74) is 3.47. The second-order valence-electron chi connectivity index (χ2n) is 7.27. The van der Waals surface area contributed by atoms with Gasteiger partial charge in [-0.1, -0.05) is 44.1 Å². The molecule has 0 unspecified atom stereocenters. The third-order valence-corrected chi connectivity index (χ3v) is 4.20. The molecule has 1 aromatic carbocycles. The van der Waals surface area contributed by atoms with E-state index in [0.717, 1.165) is 24.6 Å². The van der Waals surface area contributed by atoms with E-state index in [0.29, 0.717) is 12.4 Å². The minimum atomic E-state index is -0.118. The van der Waals surface area contributed by atoms with Crippen molar-refractivity contribution in [3.05, 3.63) is 59.5 Å². The Hall–Kier alpha value is -2.47. The van der Waals surface area contributed by atoms with Gasteiger partial charge in [-0.25, -0.2) is 4.68 Å². The topological polar surface area (TPSA) is 60.0 Å². The van der Waals surface area contributed by atoms with Gasteiger partial charge in [0.15, 0.2) is 5.82 Å². The van der Waals surface area contributed by atoms with Crippen LogP contribution in [0.3, 0.4) is 0 Å². The fraction of sp³-hybridized carbons (Fsp3) is 0.389. The average molecular weight is 323 g/mol. The number of fused-ring (bicyclic) bond motifs is 1. The summed E-state index contributed by atoms with van der Waals surface area (Å²) in [7, 11) is 0. The van der Waals surface area contributed by atoms with Crippen LogP contribution in [0.2, 0.25) is 0 Å². The number of hydrogen-bond donors (Lipinski definition) is 0. The molecule has 0 amide bonds. The Morgan fingerprint density at radius 3 is 2.62 bits per heavy atom. The number of rotatable bonds is 3. The highest BCUT2D eigenvalue weighted by molar-refractivity contribution is 5.36. The lowest BCUT2D eigenvalue weighted by Gasteiger charge is -2.13. The van der Waals surface area contributed by atoms with Gasteiger partial charge in [0.2, 0.25) is 5.89 Å². The van der Waals surface area contributed by atoms with Crippen LogP contribution in [0.15, 0.2) is 41.1 Å². The lowest BCUT2D eigenvalue weighted by molar-refractivity contribution is 0.256. The van der Waals surface area contributed by atoms with Crippen LogP contribution in [0, 0.1) is 0 Å². The number of para-hydroxylation sites is 1. The summed E-state index contributed by atoms with van der Waals surface area (Å²) in [5.74, 6) is 1.42. The van der Waals surface area contributed by atoms with E-state index >= 15 is 0 Å². The monoisotopic (exact) mass is 323 g/mol. The van der Waals surface area contributed by atoms with Crippen LogP contribution >= 0.6 is 0 Å². The first-order valence-corrected chi connectivity index (χ1v) is 8.17. The van der Waals surface area contributed by atoms with Gasteiger partial charge in [0.05, 0.1) is 24.1 Å². The fourth-order valence-corrected chi connectivity index (χ4v) is 2.94. The van der Waals surface area contributed by atoms with E-state index in [1.165, 1.54) is 11.3 Å². The smallest absolute Gasteiger partial charge is 0.232 e. The minimum absolute atomic E-state index is 0.118. The van der Waals surface area contributed by atoms with E-state index in [1.807, 2.05) is 29.1 Å². The van der Waals surface area contributed by atoms with Gasteiger partial charge in [-0.15, -0.1) is 0 Å². The van der Waals surface area contributed by atoms with E-state index in [2.05, 4.69) is 53.0 Å². The third kappa shape index (κ3) is 2.73. The van der Waals surface area contributed by atoms with Gasteiger partial charge < -0.3 is 4.52 Å². The molecule has 1 aliphatic rings. The van der Waals surface area contributed by atoms with Crippen molar-refractivity contribution in [3.8, 4) is 5.69 Å². The molecule has 124 valence electrons. The zero-order valence-corrected chi connectivity index (χ0v) is 14.2. The van der Waals surface area contributed by atoms with Gasteiger partial charge in [0, 0.05) is 24.1 Å². The van der Waals surface area contributed by atoms with Crippen molar-refractivity contribution in [2.24, 2.45) is 0 Å². The lowest BCUT2D eigenvalue weighted by Crippen LogP contribution is -2.18. The molecule has 6 heteroatoms. The normalized spacial score (nSPS) is 15.0. The van der Waals surface area contributed by atoms with E-state index in [4.69, 9.17) is 4.52 Å². The van der Waals surface area contributed by atoms with Crippen molar-refractivity contribution in [1.29, 1.82) is 0 Å². The zero-order chi connectivity index (χ0) is 16.7. The standard InChI is InChI=1S/C18H21N5O/c1-18(2,3)17-20-16(21-24-17)12-22-10-13-9-19-23(15(13)11-22)14-7-5-4-6-8-14/h4-9H,10-12H2,1-3H3. The van der Waals surface area contributed by atoms with Crippen LogP contribution in [0.25, 0.3) is 5.69 Å². The van der Waals surface area contributed by atoms with Crippen molar-refractivity contribution >= 4 is 0 Å². The fourth-order valence-electron chi connectivity index (χ4n) is 2.94. The van der Waals surface area contributed by atoms with Gasteiger partial charge in [0.25, 0.3) is 0 Å². The highest BCUT2D eigenvalue weighted by Gasteiger charge is 2.27. The molecular formula is C18H21N5O. The van der Waals surface area contributed by atoms with Gasteiger partial charge in [-0.3, -0.25) is 4.90 Å².